The van der Waals surface area contributed by atoms with Gasteiger partial charge in [0.2, 0.25) is 0 Å². The maximum absolute atomic E-state index is 11.8. The molecule has 0 amide bonds. The van der Waals surface area contributed by atoms with Gasteiger partial charge in [-0.05, 0) is 36.6 Å². The molecule has 1 aromatic rings. The zero-order chi connectivity index (χ0) is 12.4. The van der Waals surface area contributed by atoms with Crippen LogP contribution >= 0.6 is 11.6 Å². The summed E-state index contributed by atoms with van der Waals surface area (Å²) in [6, 6.07) is 5.35. The molecule has 1 N–H and O–H groups in total. The Morgan fingerprint density at radius 2 is 2.24 bits per heavy atom. The Bertz CT molecular complexity index is 491. The van der Waals surface area contributed by atoms with E-state index < -0.39 is 5.97 Å². The molecule has 0 heterocycles. The van der Waals surface area contributed by atoms with Crippen molar-refractivity contribution in [3.8, 4) is 0 Å². The minimum atomic E-state index is -0.492. The number of carbonyl (C=O) groups excluding carboxylic acids is 1. The van der Waals surface area contributed by atoms with E-state index in [1.807, 2.05) is 6.07 Å². The molecule has 17 heavy (non-hydrogen) atoms. The highest BCUT2D eigenvalue weighted by molar-refractivity contribution is 6.31. The van der Waals surface area contributed by atoms with Crippen molar-refractivity contribution in [2.75, 3.05) is 6.61 Å². The van der Waals surface area contributed by atoms with Gasteiger partial charge in [0.25, 0.3) is 0 Å². The minimum absolute atomic E-state index is 0.0817. The van der Waals surface area contributed by atoms with Crippen LogP contribution < -0.4 is 0 Å². The van der Waals surface area contributed by atoms with E-state index in [1.165, 1.54) is 0 Å². The quantitative estimate of drug-likeness (QED) is 0.823. The van der Waals surface area contributed by atoms with Crippen LogP contribution in [-0.4, -0.2) is 17.7 Å². The Morgan fingerprint density at radius 3 is 2.94 bits per heavy atom. The number of allylic oxidation sites excluding steroid dienone is 1. The number of ether oxygens (including phenoxy) is 1. The van der Waals surface area contributed by atoms with Crippen molar-refractivity contribution in [3.63, 3.8) is 0 Å². The molecule has 0 fully saturated rings. The monoisotopic (exact) mass is 252 g/mol. The largest absolute Gasteiger partial charge is 0.511 e. The van der Waals surface area contributed by atoms with Crippen molar-refractivity contribution in [1.29, 1.82) is 0 Å². The first-order chi connectivity index (χ1) is 8.13. The molecule has 0 spiro atoms. The zero-order valence-corrected chi connectivity index (χ0v) is 10.3. The predicted molar refractivity (Wildman–Crippen MR) is 66.0 cm³/mol. The number of carbonyl (C=O) groups is 1. The smallest absolute Gasteiger partial charge is 0.342 e. The molecule has 0 radical (unpaired) electrons. The molecule has 1 aliphatic rings. The number of aryl methyl sites for hydroxylation is 1. The lowest BCUT2D eigenvalue weighted by molar-refractivity contribution is -0.136. The fourth-order valence-electron chi connectivity index (χ4n) is 1.96. The molecule has 0 atom stereocenters. The second-order valence-corrected chi connectivity index (χ2v) is 4.28. The summed E-state index contributed by atoms with van der Waals surface area (Å²) in [4.78, 5) is 11.8. The fraction of sp³-hybridized carbons (Fsp3) is 0.308. The molecular weight excluding hydrogens is 240 g/mol. The summed E-state index contributed by atoms with van der Waals surface area (Å²) in [6.45, 7) is 2.02. The second kappa shape index (κ2) is 4.80. The summed E-state index contributed by atoms with van der Waals surface area (Å²) >= 11 is 5.92. The molecule has 0 bridgehead atoms. The van der Waals surface area contributed by atoms with E-state index in [0.717, 1.165) is 5.56 Å². The average molecular weight is 253 g/mol. The van der Waals surface area contributed by atoms with Crippen LogP contribution in [0.1, 0.15) is 24.5 Å². The van der Waals surface area contributed by atoms with E-state index >= 15 is 0 Å². The number of benzene rings is 1. The van der Waals surface area contributed by atoms with E-state index in [-0.39, 0.29) is 17.9 Å². The molecule has 0 saturated heterocycles. The molecule has 0 aromatic heterocycles. The van der Waals surface area contributed by atoms with Crippen molar-refractivity contribution in [1.82, 2.24) is 0 Å². The minimum Gasteiger partial charge on any atom is -0.511 e. The molecule has 4 heteroatoms. The van der Waals surface area contributed by atoms with E-state index in [4.69, 9.17) is 16.3 Å². The van der Waals surface area contributed by atoms with E-state index in [1.54, 1.807) is 19.1 Å². The number of hydrogen-bond acceptors (Lipinski definition) is 3. The molecule has 1 aliphatic carbocycles. The van der Waals surface area contributed by atoms with Gasteiger partial charge in [-0.3, -0.25) is 0 Å². The molecule has 1 aromatic carbocycles. The lowest BCUT2D eigenvalue weighted by atomic mass is 9.89. The van der Waals surface area contributed by atoms with E-state index in [2.05, 4.69) is 0 Å². The van der Waals surface area contributed by atoms with Crippen molar-refractivity contribution in [3.05, 3.63) is 40.1 Å². The Labute approximate surface area is 105 Å². The number of aliphatic hydroxyl groups is 1. The maximum Gasteiger partial charge on any atom is 0.342 e. The molecule has 3 nitrogen and oxygen atoms in total. The van der Waals surface area contributed by atoms with Crippen LogP contribution in [0.15, 0.2) is 24.0 Å². The van der Waals surface area contributed by atoms with E-state index in [9.17, 15) is 9.90 Å². The highest BCUT2D eigenvalue weighted by atomic mass is 35.5. The number of esters is 1. The van der Waals surface area contributed by atoms with Crippen molar-refractivity contribution >= 4 is 23.1 Å². The highest BCUT2D eigenvalue weighted by Crippen LogP contribution is 2.32. The molecule has 2 rings (SSSR count). The number of fused-ring (bicyclic) bond motifs is 1. The van der Waals surface area contributed by atoms with Gasteiger partial charge in [-0.15, -0.1) is 0 Å². The predicted octanol–water partition coefficient (Wildman–Crippen LogP) is 3.12. The maximum atomic E-state index is 11.8. The standard InChI is InChI=1S/C13H13ClO3/c1-2-17-13(16)12-10-7-9(14)5-3-8(10)4-6-11(12)15/h3,5,7,15H,2,4,6H2,1H3. The molecule has 90 valence electrons. The number of hydrogen-bond donors (Lipinski definition) is 1. The van der Waals surface area contributed by atoms with Gasteiger partial charge < -0.3 is 9.84 Å². The first-order valence-electron chi connectivity index (χ1n) is 5.51. The van der Waals surface area contributed by atoms with Crippen LogP contribution in [0.2, 0.25) is 5.02 Å². The third-order valence-electron chi connectivity index (χ3n) is 2.74. The normalized spacial score (nSPS) is 14.5. The van der Waals surface area contributed by atoms with Crippen LogP contribution in [-0.2, 0) is 16.0 Å². The average Bonchev–Trinajstić information content (AvgIpc) is 2.28. The number of rotatable bonds is 2. The molecule has 0 saturated carbocycles. The third kappa shape index (κ3) is 2.29. The van der Waals surface area contributed by atoms with Gasteiger partial charge in [0.1, 0.15) is 11.3 Å². The highest BCUT2D eigenvalue weighted by Gasteiger charge is 2.25. The van der Waals surface area contributed by atoms with E-state index in [0.29, 0.717) is 23.4 Å². The van der Waals surface area contributed by atoms with Crippen LogP contribution in [0.25, 0.3) is 5.57 Å². The first kappa shape index (κ1) is 12.0. The van der Waals surface area contributed by atoms with Gasteiger partial charge in [0, 0.05) is 11.4 Å². The fourth-order valence-corrected chi connectivity index (χ4v) is 2.14. The van der Waals surface area contributed by atoms with Gasteiger partial charge in [-0.1, -0.05) is 17.7 Å². The molecule has 0 aliphatic heterocycles. The molecular formula is C13H13ClO3. The van der Waals surface area contributed by atoms with Crippen molar-refractivity contribution in [2.24, 2.45) is 0 Å². The summed E-state index contributed by atoms with van der Waals surface area (Å²) in [7, 11) is 0. The van der Waals surface area contributed by atoms with Crippen molar-refractivity contribution in [2.45, 2.75) is 19.8 Å². The lowest BCUT2D eigenvalue weighted by Gasteiger charge is -2.19. The summed E-state index contributed by atoms with van der Waals surface area (Å²) in [5.41, 5.74) is 1.94. The molecule has 0 unspecified atom stereocenters. The summed E-state index contributed by atoms with van der Waals surface area (Å²) < 4.78 is 4.95. The van der Waals surface area contributed by atoms with Gasteiger partial charge in [-0.2, -0.15) is 0 Å². The van der Waals surface area contributed by atoms with Gasteiger partial charge >= 0.3 is 5.97 Å². The van der Waals surface area contributed by atoms with Crippen molar-refractivity contribution < 1.29 is 14.6 Å². The topological polar surface area (TPSA) is 46.5 Å². The Kier molecular flexibility index (Phi) is 3.38. The Balaban J connectivity index is 2.50. The van der Waals surface area contributed by atoms with Crippen LogP contribution in [0.4, 0.5) is 0 Å². The Morgan fingerprint density at radius 1 is 1.47 bits per heavy atom. The summed E-state index contributed by atoms with van der Waals surface area (Å²) in [5.74, 6) is -0.411. The SMILES string of the molecule is CCOC(=O)C1=C(O)CCc2ccc(Cl)cc21. The number of aliphatic hydroxyl groups excluding tert-OH is 1. The van der Waals surface area contributed by atoms with Crippen LogP contribution in [0.5, 0.6) is 0 Å². The summed E-state index contributed by atoms with van der Waals surface area (Å²) in [6.07, 6.45) is 1.17. The first-order valence-corrected chi connectivity index (χ1v) is 5.89. The third-order valence-corrected chi connectivity index (χ3v) is 2.98. The van der Waals surface area contributed by atoms with Gasteiger partial charge in [-0.25, -0.2) is 4.79 Å². The number of halogens is 1. The lowest BCUT2D eigenvalue weighted by Crippen LogP contribution is -2.14. The zero-order valence-electron chi connectivity index (χ0n) is 9.50. The van der Waals surface area contributed by atoms with Gasteiger partial charge in [0.05, 0.1) is 6.61 Å². The van der Waals surface area contributed by atoms with Crippen LogP contribution in [0.3, 0.4) is 0 Å². The summed E-state index contributed by atoms with van der Waals surface area (Å²) in [5, 5.41) is 10.4. The second-order valence-electron chi connectivity index (χ2n) is 3.84. The Hall–Kier alpha value is -1.48. The van der Waals surface area contributed by atoms with Crippen LogP contribution in [0, 0.1) is 0 Å². The van der Waals surface area contributed by atoms with Gasteiger partial charge in [0.15, 0.2) is 0 Å².